The van der Waals surface area contributed by atoms with Crippen LogP contribution < -0.4 is 163 Å². The Balaban J connectivity index is 1.28. The Kier molecular flexibility index (Phi) is 14.6. The van der Waals surface area contributed by atoms with Crippen LogP contribution in [0.5, 0.6) is 0 Å². The van der Waals surface area contributed by atoms with Gasteiger partial charge in [-0.05, 0) is 57.6 Å². The first-order valence-corrected chi connectivity index (χ1v) is 25.6. The smallest absolute Gasteiger partial charge is 0.127 e. The molecule has 9 aromatic carbocycles. The van der Waals surface area contributed by atoms with Gasteiger partial charge in [0.2, 0.25) is 0 Å². The molecule has 86 heavy (non-hydrogen) atoms. The first-order chi connectivity index (χ1) is 40.4. The van der Waals surface area contributed by atoms with E-state index in [-0.39, 0.29) is 253 Å². The molecule has 1 aliphatic heterocycles. The highest BCUT2D eigenvalue weighted by Crippen LogP contribution is 2.48. The number of hydrogen-bond donors (Lipinski definition) is 1. The van der Waals surface area contributed by atoms with E-state index in [2.05, 4.69) is 5.32 Å². The molecule has 0 amide bonds. The highest BCUT2D eigenvalue weighted by molar-refractivity contribution is 6.73. The van der Waals surface area contributed by atoms with Crippen LogP contribution in [0.25, 0.3) is 82.8 Å². The van der Waals surface area contributed by atoms with Crippen LogP contribution in [0.1, 0.15) is 0 Å². The number of anilines is 5. The van der Waals surface area contributed by atoms with Crippen molar-refractivity contribution >= 4 is 445 Å². The highest BCUT2D eigenvalue weighted by atomic mass is 16.3. The third-order valence-corrected chi connectivity index (χ3v) is 16.5. The van der Waals surface area contributed by atoms with E-state index >= 15 is 0 Å². The summed E-state index contributed by atoms with van der Waals surface area (Å²) in [4.78, 5) is 1.61. The van der Waals surface area contributed by atoms with Crippen LogP contribution in [0.15, 0.2) is 40.8 Å². The van der Waals surface area contributed by atoms with Crippen molar-refractivity contribution in [2.24, 2.45) is 0 Å². The van der Waals surface area contributed by atoms with Crippen LogP contribution in [0, 0.1) is 0 Å². The van der Waals surface area contributed by atoms with Crippen molar-refractivity contribution < 1.29 is 4.42 Å². The first-order valence-electron chi connectivity index (χ1n) is 25.6. The molecule has 1 N–H and O–H groups in total. The molecule has 4 nitrogen and oxygen atoms in total. The molecular formula is C54H7B28N3O. The quantitative estimate of drug-likeness (QED) is 0.169. The maximum absolute atomic E-state index is 7.53. The zero-order chi connectivity index (χ0) is 62.5. The molecule has 11 aromatic rings. The lowest BCUT2D eigenvalue weighted by molar-refractivity contribution is 0.675. The summed E-state index contributed by atoms with van der Waals surface area (Å²) in [5.41, 5.74) is 0.944. The fourth-order valence-corrected chi connectivity index (χ4v) is 11.9. The van der Waals surface area contributed by atoms with Crippen LogP contribution in [0.2, 0.25) is 0 Å². The third kappa shape index (κ3) is 8.10. The van der Waals surface area contributed by atoms with Gasteiger partial charge in [-0.1, -0.05) is 105 Å². The minimum absolute atomic E-state index is 0.000883. The van der Waals surface area contributed by atoms with Crippen molar-refractivity contribution in [3.8, 4) is 39.1 Å². The molecule has 12 rings (SSSR count). The van der Waals surface area contributed by atoms with Crippen LogP contribution >= 0.6 is 0 Å². The summed E-state index contributed by atoms with van der Waals surface area (Å²) in [6, 6.07) is 9.52. The predicted octanol–water partition coefficient (Wildman–Crippen LogP) is -18.6. The van der Waals surface area contributed by atoms with Crippen molar-refractivity contribution in [2.45, 2.75) is 0 Å². The van der Waals surface area contributed by atoms with E-state index in [1.807, 2.05) is 0 Å². The van der Waals surface area contributed by atoms with Crippen molar-refractivity contribution in [2.75, 3.05) is 10.2 Å². The molecule has 3 heterocycles. The van der Waals surface area contributed by atoms with Crippen molar-refractivity contribution in [3.63, 3.8) is 0 Å². The van der Waals surface area contributed by atoms with Crippen LogP contribution in [-0.4, -0.2) is 224 Å². The number of aromatic nitrogens is 1. The van der Waals surface area contributed by atoms with E-state index < -0.39 is 0 Å². The average molecular weight is 1020 g/mol. The average Bonchev–Trinajstić information content (AvgIpc) is 1.51. The molecule has 0 saturated carbocycles. The monoisotopic (exact) mass is 1020 g/mol. The molecule has 0 unspecified atom stereocenters. The van der Waals surface area contributed by atoms with Gasteiger partial charge in [-0.15, -0.1) is 60.1 Å². The second kappa shape index (κ2) is 20.8. The van der Waals surface area contributed by atoms with Gasteiger partial charge in [-0.2, -0.15) is 0 Å². The standard InChI is InChI=1S/C54H7B28N3O/c55-11-1-2-14(24(59)19(11)20-29(64)34(69)38(73)35(70)30(20)65)84(7-3-10(23(58)13(57)4-7)17-26(61)32(67)37(72)33(68)27(17)62)50-18-9-5-12(56)8(16-25(60)21-22-31(66)36(71)41(76)47(82)54(22)86-53(21)46(81)28(16)63)6-15(9)85-51(18)48(43(78)45(50)80)83-49-42(77)39(74)40(75)44(79)52(49)85/h1-6,83H. The van der Waals surface area contributed by atoms with Gasteiger partial charge in [0.05, 0.1) is 28.1 Å². The molecule has 2 aromatic heterocycles. The number of nitrogens with one attached hydrogen (secondary N) is 1. The lowest BCUT2D eigenvalue weighted by Gasteiger charge is -2.36. The summed E-state index contributed by atoms with van der Waals surface area (Å²) in [7, 11) is 190. The summed E-state index contributed by atoms with van der Waals surface area (Å²) in [5.74, 6) is 0. The first kappa shape index (κ1) is 60.3. The van der Waals surface area contributed by atoms with Crippen molar-refractivity contribution in [1.29, 1.82) is 0 Å². The maximum Gasteiger partial charge on any atom is 0.127 e. The van der Waals surface area contributed by atoms with Crippen LogP contribution in [0.4, 0.5) is 28.4 Å². The van der Waals surface area contributed by atoms with Gasteiger partial charge in [0.25, 0.3) is 0 Å². The topological polar surface area (TPSA) is 33.3 Å². The molecule has 32 heteroatoms. The van der Waals surface area contributed by atoms with Crippen molar-refractivity contribution in [1.82, 2.24) is 4.57 Å². The molecule has 328 valence electrons. The molecule has 0 spiro atoms. The highest BCUT2D eigenvalue weighted by Gasteiger charge is 2.34. The van der Waals surface area contributed by atoms with Gasteiger partial charge in [0.1, 0.15) is 231 Å². The lowest BCUT2D eigenvalue weighted by atomic mass is 9.58. The number of rotatable bonds is 6. The van der Waals surface area contributed by atoms with E-state index in [1.165, 1.54) is 12.1 Å². The van der Waals surface area contributed by atoms with Crippen LogP contribution in [-0.2, 0) is 0 Å². The number of nitrogens with zero attached hydrogens (tertiary/aromatic N) is 2. The number of fused-ring (bicyclic) bond motifs is 8. The van der Waals surface area contributed by atoms with Gasteiger partial charge in [-0.3, -0.25) is 0 Å². The molecule has 0 fully saturated rings. The zero-order valence-electron chi connectivity index (χ0n) is 45.4. The Hall–Kier alpha value is -6.00. The van der Waals surface area contributed by atoms with E-state index in [0.29, 0.717) is 10.9 Å². The lowest BCUT2D eigenvalue weighted by Crippen LogP contribution is -2.56. The number of hydrogen-bond acceptors (Lipinski definition) is 3. The zero-order valence-corrected chi connectivity index (χ0v) is 45.4. The summed E-state index contributed by atoms with van der Waals surface area (Å²) < 4.78 is 7.95. The Labute approximate surface area is 535 Å². The van der Waals surface area contributed by atoms with Gasteiger partial charge in [0, 0.05) is 38.6 Å². The van der Waals surface area contributed by atoms with Gasteiger partial charge in [-0.25, -0.2) is 0 Å². The molecule has 0 saturated heterocycles. The van der Waals surface area contributed by atoms with E-state index in [4.69, 9.17) is 224 Å². The summed E-state index contributed by atoms with van der Waals surface area (Å²) in [6.45, 7) is 0. The molecule has 0 aliphatic carbocycles. The SMILES string of the molecule is [B]c1cc2c3c(N(c4cc([B])c([B])c(-c5c([B])c([B])c([B])c([B])c5[B])c4)c4ccc([B])c(-c5c([B])c([B])c([B])c([B])c5[B])c4[B])c([B])c([B])c4c3n(c2cc1-c1c([B])c([B])c2oc3c([B])c([B])c([B])c([B])c3c2c1[B])-c1c([B])c([B])c([B])c([B])c1N4. The third-order valence-electron chi connectivity index (χ3n) is 16.5. The normalized spacial score (nSPS) is 12.0. The van der Waals surface area contributed by atoms with Crippen LogP contribution in [0.3, 0.4) is 0 Å². The largest absolute Gasteiger partial charge is 0.457 e. The van der Waals surface area contributed by atoms with Gasteiger partial charge in [0.15, 0.2) is 0 Å². The Morgan fingerprint density at radius 2 is 0.791 bits per heavy atom. The summed E-state index contributed by atoms with van der Waals surface area (Å²) in [5, 5.41) is 4.41. The molecule has 0 atom stereocenters. The number of benzene rings is 9. The number of furan rings is 1. The predicted molar refractivity (Wildman–Crippen MR) is 393 cm³/mol. The Morgan fingerprint density at radius 3 is 1.38 bits per heavy atom. The Morgan fingerprint density at radius 1 is 0.326 bits per heavy atom. The second-order valence-electron chi connectivity index (χ2n) is 21.0. The molecule has 0 bridgehead atoms. The fourth-order valence-electron chi connectivity index (χ4n) is 11.9. The summed E-state index contributed by atoms with van der Waals surface area (Å²) >= 11 is 0. The Bertz CT molecular complexity index is 4970. The second-order valence-corrected chi connectivity index (χ2v) is 21.0. The molecule has 1 aliphatic rings. The summed E-state index contributed by atoms with van der Waals surface area (Å²) in [6.07, 6.45) is 0. The van der Waals surface area contributed by atoms with Gasteiger partial charge < -0.3 is 19.2 Å². The van der Waals surface area contributed by atoms with E-state index in [0.717, 1.165) is 0 Å². The molecule has 56 radical (unpaired) electrons. The fraction of sp³-hybridized carbons (Fsp3) is 0. The van der Waals surface area contributed by atoms with E-state index in [9.17, 15) is 0 Å². The maximum atomic E-state index is 7.53. The van der Waals surface area contributed by atoms with Crippen molar-refractivity contribution in [3.05, 3.63) is 36.4 Å². The minimum atomic E-state index is -0.106. The minimum Gasteiger partial charge on any atom is -0.457 e. The molecular weight excluding hydrogens is 1010 g/mol. The van der Waals surface area contributed by atoms with E-state index in [1.54, 1.807) is 33.7 Å². The van der Waals surface area contributed by atoms with Gasteiger partial charge >= 0.3 is 0 Å².